The smallest absolute Gasteiger partial charge is 0.333 e. The van der Waals surface area contributed by atoms with Crippen LogP contribution in [0.4, 0.5) is 13.2 Å². The zero-order chi connectivity index (χ0) is 21.4. The van der Waals surface area contributed by atoms with E-state index in [0.29, 0.717) is 5.56 Å². The molecule has 0 unspecified atom stereocenters. The normalized spacial score (nSPS) is 18.7. The molecule has 0 N–H and O–H groups in total. The van der Waals surface area contributed by atoms with Gasteiger partial charge >= 0.3 is 6.18 Å². The van der Waals surface area contributed by atoms with Gasteiger partial charge in [0.15, 0.2) is 0 Å². The van der Waals surface area contributed by atoms with Crippen LogP contribution in [0.15, 0.2) is 47.6 Å². The lowest BCUT2D eigenvalue weighted by Crippen LogP contribution is -2.55. The zero-order valence-electron chi connectivity index (χ0n) is 15.8. The minimum atomic E-state index is -4.53. The monoisotopic (exact) mass is 427 g/mol. The van der Waals surface area contributed by atoms with Crippen LogP contribution in [0.1, 0.15) is 28.4 Å². The Morgan fingerprint density at radius 3 is 2.34 bits per heavy atom. The first kappa shape index (κ1) is 21.3. The van der Waals surface area contributed by atoms with Crippen LogP contribution >= 0.6 is 0 Å². The van der Waals surface area contributed by atoms with Crippen molar-refractivity contribution in [2.24, 2.45) is 0 Å². The van der Waals surface area contributed by atoms with Crippen molar-refractivity contribution in [1.82, 2.24) is 14.2 Å². The average molecular weight is 427 g/mol. The molecule has 1 amide bonds. The summed E-state index contributed by atoms with van der Waals surface area (Å²) in [6.45, 7) is 3.81. The van der Waals surface area contributed by atoms with Crippen LogP contribution in [0.25, 0.3) is 0 Å². The number of sulfonamides is 1. The molecule has 0 spiro atoms. The first-order valence-corrected chi connectivity index (χ1v) is 10.3. The van der Waals surface area contributed by atoms with Crippen molar-refractivity contribution in [3.8, 4) is 0 Å². The summed E-state index contributed by atoms with van der Waals surface area (Å²) in [4.78, 5) is 18.1. The second-order valence-corrected chi connectivity index (χ2v) is 8.86. The first-order chi connectivity index (χ1) is 13.5. The largest absolute Gasteiger partial charge is 0.416 e. The van der Waals surface area contributed by atoms with E-state index in [1.165, 1.54) is 10.5 Å². The van der Waals surface area contributed by atoms with E-state index in [9.17, 15) is 26.4 Å². The van der Waals surface area contributed by atoms with Crippen LogP contribution in [0.2, 0.25) is 0 Å². The third-order valence-corrected chi connectivity index (χ3v) is 6.82. The second-order valence-electron chi connectivity index (χ2n) is 6.92. The number of rotatable bonds is 3. The molecule has 1 saturated heterocycles. The molecular formula is C19H20F3N3O3S. The molecule has 0 saturated carbocycles. The van der Waals surface area contributed by atoms with E-state index < -0.39 is 27.8 Å². The number of carbonyl (C=O) groups is 1. The number of amides is 1. The molecular weight excluding hydrogens is 407 g/mol. The molecule has 6 nitrogen and oxygen atoms in total. The Morgan fingerprint density at radius 2 is 1.79 bits per heavy atom. The van der Waals surface area contributed by atoms with Gasteiger partial charge in [0, 0.05) is 38.1 Å². The van der Waals surface area contributed by atoms with Crippen molar-refractivity contribution >= 4 is 15.9 Å². The van der Waals surface area contributed by atoms with Gasteiger partial charge in [0.05, 0.1) is 16.0 Å². The van der Waals surface area contributed by atoms with E-state index in [-0.39, 0.29) is 30.4 Å². The number of alkyl halides is 3. The number of halogens is 3. The number of carbonyl (C=O) groups excluding carboxylic acids is 1. The molecule has 1 fully saturated rings. The van der Waals surface area contributed by atoms with Crippen LogP contribution < -0.4 is 0 Å². The van der Waals surface area contributed by atoms with Gasteiger partial charge in [-0.15, -0.1) is 0 Å². The zero-order valence-corrected chi connectivity index (χ0v) is 16.7. The molecule has 1 aromatic carbocycles. The Bertz CT molecular complexity index is 1010. The van der Waals surface area contributed by atoms with Gasteiger partial charge in [0.25, 0.3) is 5.91 Å². The number of benzene rings is 1. The second kappa shape index (κ2) is 7.75. The van der Waals surface area contributed by atoms with Crippen LogP contribution in [0.3, 0.4) is 0 Å². The number of piperazine rings is 1. The summed E-state index contributed by atoms with van der Waals surface area (Å²) in [5, 5.41) is 0. The molecule has 0 bridgehead atoms. The lowest BCUT2D eigenvalue weighted by Gasteiger charge is -2.39. The van der Waals surface area contributed by atoms with E-state index >= 15 is 0 Å². The Labute approximate surface area is 167 Å². The van der Waals surface area contributed by atoms with E-state index in [4.69, 9.17) is 0 Å². The van der Waals surface area contributed by atoms with E-state index in [1.54, 1.807) is 31.0 Å². The Balaban J connectivity index is 1.76. The van der Waals surface area contributed by atoms with Gasteiger partial charge in [-0.1, -0.05) is 0 Å². The number of hydrogen-bond acceptors (Lipinski definition) is 4. The standard InChI is InChI=1S/C19H20F3N3O3S/c1-13-7-8-23-11-17(13)18(26)25-10-9-24(12-14(25)2)29(27,28)16-5-3-15(4-6-16)19(20,21)22/h3-8,11,14H,9-10,12H2,1-2H3/t14-/m0/s1. The highest BCUT2D eigenvalue weighted by molar-refractivity contribution is 7.89. The highest BCUT2D eigenvalue weighted by atomic mass is 32.2. The van der Waals surface area contributed by atoms with Gasteiger partial charge in [0.1, 0.15) is 0 Å². The summed E-state index contributed by atoms with van der Waals surface area (Å²) >= 11 is 0. The Hall–Kier alpha value is -2.46. The van der Waals surface area contributed by atoms with Gasteiger partial charge in [-0.3, -0.25) is 9.78 Å². The van der Waals surface area contributed by atoms with Gasteiger partial charge in [-0.2, -0.15) is 17.5 Å². The predicted molar refractivity (Wildman–Crippen MR) is 99.7 cm³/mol. The molecule has 2 aromatic rings. The number of aromatic nitrogens is 1. The van der Waals surface area contributed by atoms with E-state index in [1.807, 2.05) is 0 Å². The molecule has 2 heterocycles. The highest BCUT2D eigenvalue weighted by Gasteiger charge is 2.36. The summed E-state index contributed by atoms with van der Waals surface area (Å²) in [6, 6.07) is 4.74. The third-order valence-electron chi connectivity index (χ3n) is 4.94. The van der Waals surface area contributed by atoms with Crippen LogP contribution in [-0.4, -0.2) is 54.2 Å². The van der Waals surface area contributed by atoms with Crippen molar-refractivity contribution in [1.29, 1.82) is 0 Å². The van der Waals surface area contributed by atoms with E-state index in [2.05, 4.69) is 4.98 Å². The number of pyridine rings is 1. The molecule has 1 aliphatic heterocycles. The summed E-state index contributed by atoms with van der Waals surface area (Å²) < 4.78 is 65.0. The summed E-state index contributed by atoms with van der Waals surface area (Å²) in [6.07, 6.45) is -1.47. The SMILES string of the molecule is Cc1ccncc1C(=O)N1CCN(S(=O)(=O)c2ccc(C(F)(F)F)cc2)C[C@@H]1C. The van der Waals surface area contributed by atoms with Crippen LogP contribution in [-0.2, 0) is 16.2 Å². The summed E-state index contributed by atoms with van der Waals surface area (Å²) in [5.74, 6) is -0.227. The minimum Gasteiger partial charge on any atom is -0.333 e. The van der Waals surface area contributed by atoms with Gasteiger partial charge in [-0.05, 0) is 49.7 Å². The molecule has 1 aliphatic rings. The molecule has 29 heavy (non-hydrogen) atoms. The number of aryl methyl sites for hydroxylation is 1. The van der Waals surface area contributed by atoms with Crippen molar-refractivity contribution < 1.29 is 26.4 Å². The first-order valence-electron chi connectivity index (χ1n) is 8.91. The third kappa shape index (κ3) is 4.27. The maximum Gasteiger partial charge on any atom is 0.416 e. The number of hydrogen-bond donors (Lipinski definition) is 0. The van der Waals surface area contributed by atoms with Gasteiger partial charge in [-0.25, -0.2) is 8.42 Å². The molecule has 0 radical (unpaired) electrons. The maximum atomic E-state index is 12.8. The topological polar surface area (TPSA) is 70.6 Å². The average Bonchev–Trinajstić information content (AvgIpc) is 2.67. The van der Waals surface area contributed by atoms with E-state index in [0.717, 1.165) is 29.8 Å². The molecule has 1 atom stereocenters. The van der Waals surface area contributed by atoms with Gasteiger partial charge < -0.3 is 4.90 Å². The van der Waals surface area contributed by atoms with Crippen molar-refractivity contribution in [3.05, 3.63) is 59.4 Å². The molecule has 3 rings (SSSR count). The highest BCUT2D eigenvalue weighted by Crippen LogP contribution is 2.30. The molecule has 10 heteroatoms. The molecule has 0 aliphatic carbocycles. The van der Waals surface area contributed by atoms with Crippen molar-refractivity contribution in [2.45, 2.75) is 31.0 Å². The van der Waals surface area contributed by atoms with Crippen molar-refractivity contribution in [2.75, 3.05) is 19.6 Å². The Kier molecular flexibility index (Phi) is 5.68. The molecule has 1 aromatic heterocycles. The fraction of sp³-hybridized carbons (Fsp3) is 0.368. The van der Waals surface area contributed by atoms with Crippen LogP contribution in [0, 0.1) is 6.92 Å². The van der Waals surface area contributed by atoms with Gasteiger partial charge in [0.2, 0.25) is 10.0 Å². The Morgan fingerprint density at radius 1 is 1.14 bits per heavy atom. The minimum absolute atomic E-state index is 0.0500. The lowest BCUT2D eigenvalue weighted by atomic mass is 10.1. The fourth-order valence-corrected chi connectivity index (χ4v) is 4.76. The predicted octanol–water partition coefficient (Wildman–Crippen LogP) is 2.94. The summed E-state index contributed by atoms with van der Waals surface area (Å²) in [5.41, 5.74) is 0.322. The lowest BCUT2D eigenvalue weighted by molar-refractivity contribution is -0.137. The summed E-state index contributed by atoms with van der Waals surface area (Å²) in [7, 11) is -3.96. The molecule has 156 valence electrons. The quantitative estimate of drug-likeness (QED) is 0.755. The number of nitrogens with zero attached hydrogens (tertiary/aromatic N) is 3. The fourth-order valence-electron chi connectivity index (χ4n) is 3.25. The maximum absolute atomic E-state index is 12.8. The van der Waals surface area contributed by atoms with Crippen LogP contribution in [0.5, 0.6) is 0 Å². The van der Waals surface area contributed by atoms with Crippen molar-refractivity contribution in [3.63, 3.8) is 0 Å².